The molecule has 0 atom stereocenters. The van der Waals surface area contributed by atoms with E-state index >= 15 is 0 Å². The smallest absolute Gasteiger partial charge is 0.170 e. The molecule has 1 aromatic heterocycles. The fraction of sp³-hybridized carbons (Fsp3) is 0.476. The maximum Gasteiger partial charge on any atom is 0.170 e. The maximum atomic E-state index is 6.28. The van der Waals surface area contributed by atoms with Gasteiger partial charge in [0.1, 0.15) is 16.5 Å². The first-order chi connectivity index (χ1) is 13.6. The van der Waals surface area contributed by atoms with Gasteiger partial charge < -0.3 is 18.9 Å². The van der Waals surface area contributed by atoms with Gasteiger partial charge in [-0.05, 0) is 29.8 Å². The monoisotopic (exact) mass is 404 g/mol. The van der Waals surface area contributed by atoms with E-state index in [-0.39, 0.29) is 5.79 Å². The summed E-state index contributed by atoms with van der Waals surface area (Å²) in [4.78, 5) is 6.96. The molecule has 2 aromatic rings. The van der Waals surface area contributed by atoms with Gasteiger partial charge in [0.25, 0.3) is 0 Å². The Kier molecular flexibility index (Phi) is 5.73. The van der Waals surface area contributed by atoms with Crippen molar-refractivity contribution in [2.75, 3.05) is 40.5 Å². The van der Waals surface area contributed by atoms with Crippen molar-refractivity contribution in [3.8, 4) is 22.8 Å². The zero-order valence-electron chi connectivity index (χ0n) is 16.2. The molecule has 0 bridgehead atoms. The Balaban J connectivity index is 1.49. The van der Waals surface area contributed by atoms with Crippen LogP contribution in [0.2, 0.25) is 5.02 Å². The van der Waals surface area contributed by atoms with Crippen molar-refractivity contribution in [2.24, 2.45) is 0 Å². The van der Waals surface area contributed by atoms with E-state index in [0.29, 0.717) is 29.7 Å². The predicted octanol–water partition coefficient (Wildman–Crippen LogP) is 3.76. The average molecular weight is 405 g/mol. The zero-order chi connectivity index (χ0) is 19.6. The Bertz CT molecular complexity index is 804. The van der Waals surface area contributed by atoms with Crippen LogP contribution in [0, 0.1) is 0 Å². The molecule has 0 N–H and O–H groups in total. The fourth-order valence-electron chi connectivity index (χ4n) is 3.84. The number of methoxy groups -OCH3 is 2. The summed E-state index contributed by atoms with van der Waals surface area (Å²) in [6.45, 7) is 4.21. The second-order valence-corrected chi connectivity index (χ2v) is 7.51. The number of piperidine rings is 1. The lowest BCUT2D eigenvalue weighted by Crippen LogP contribution is -2.44. The van der Waals surface area contributed by atoms with Crippen LogP contribution >= 0.6 is 11.6 Å². The molecule has 0 saturated carbocycles. The van der Waals surface area contributed by atoms with Crippen molar-refractivity contribution >= 4 is 11.6 Å². The maximum absolute atomic E-state index is 6.28. The highest BCUT2D eigenvalue weighted by Crippen LogP contribution is 2.38. The minimum absolute atomic E-state index is 0.337. The van der Waals surface area contributed by atoms with E-state index in [1.165, 1.54) is 5.56 Å². The van der Waals surface area contributed by atoms with Gasteiger partial charge in [-0.2, -0.15) is 0 Å². The highest BCUT2D eigenvalue weighted by molar-refractivity contribution is 6.33. The normalized spacial score (nSPS) is 19.1. The van der Waals surface area contributed by atoms with E-state index in [1.807, 2.05) is 18.3 Å². The Labute approximate surface area is 170 Å². The van der Waals surface area contributed by atoms with Crippen LogP contribution in [0.4, 0.5) is 0 Å². The molecule has 7 heteroatoms. The van der Waals surface area contributed by atoms with Gasteiger partial charge in [-0.1, -0.05) is 11.6 Å². The number of hydrogen-bond acceptors (Lipinski definition) is 6. The van der Waals surface area contributed by atoms with Crippen LogP contribution in [0.15, 0.2) is 30.5 Å². The molecule has 2 saturated heterocycles. The van der Waals surface area contributed by atoms with Crippen LogP contribution in [-0.4, -0.2) is 56.2 Å². The molecular weight excluding hydrogens is 380 g/mol. The molecule has 2 aliphatic rings. The van der Waals surface area contributed by atoms with E-state index < -0.39 is 0 Å². The molecule has 2 aliphatic heterocycles. The van der Waals surface area contributed by atoms with Gasteiger partial charge >= 0.3 is 0 Å². The molecule has 28 heavy (non-hydrogen) atoms. The summed E-state index contributed by atoms with van der Waals surface area (Å²) >= 11 is 6.28. The molecule has 3 heterocycles. The minimum atomic E-state index is -0.337. The molecule has 0 unspecified atom stereocenters. The second kappa shape index (κ2) is 8.25. The lowest BCUT2D eigenvalue weighted by atomic mass is 10.0. The third kappa shape index (κ3) is 3.96. The second-order valence-electron chi connectivity index (χ2n) is 7.13. The Morgan fingerprint density at radius 3 is 2.32 bits per heavy atom. The van der Waals surface area contributed by atoms with Gasteiger partial charge in [0.05, 0.1) is 33.1 Å². The largest absolute Gasteiger partial charge is 0.495 e. The average Bonchev–Trinajstić information content (AvgIpc) is 3.18. The lowest BCUT2D eigenvalue weighted by molar-refractivity contribution is -0.185. The first-order valence-corrected chi connectivity index (χ1v) is 9.87. The van der Waals surface area contributed by atoms with Crippen molar-refractivity contribution in [3.05, 3.63) is 41.0 Å². The lowest BCUT2D eigenvalue weighted by Gasteiger charge is -2.37. The Morgan fingerprint density at radius 1 is 1.07 bits per heavy atom. The molecule has 0 amide bonds. The van der Waals surface area contributed by atoms with Crippen LogP contribution in [-0.2, 0) is 16.0 Å². The summed E-state index contributed by atoms with van der Waals surface area (Å²) in [7, 11) is 3.18. The van der Waals surface area contributed by atoms with Crippen molar-refractivity contribution in [1.29, 1.82) is 0 Å². The Morgan fingerprint density at radius 2 is 1.71 bits per heavy atom. The van der Waals surface area contributed by atoms with E-state index in [0.717, 1.165) is 43.7 Å². The number of rotatable bonds is 5. The molecule has 4 rings (SSSR count). The summed E-state index contributed by atoms with van der Waals surface area (Å²) in [5, 5.41) is 0.462. The number of likely N-dealkylation sites (tertiary alicyclic amines) is 1. The topological polar surface area (TPSA) is 53.1 Å². The summed E-state index contributed by atoms with van der Waals surface area (Å²) < 4.78 is 22.4. The number of pyridine rings is 1. The van der Waals surface area contributed by atoms with E-state index in [2.05, 4.69) is 22.0 Å². The standard InChI is InChI=1S/C21H25ClN2O4/c1-25-18-12-16(13-19(26-2)20(18)22)17-11-15(3-6-23-17)14-24-7-4-21(5-8-24)27-9-10-28-21/h3,6,11-13H,4-5,7-10,14H2,1-2H3. The summed E-state index contributed by atoms with van der Waals surface area (Å²) in [6, 6.07) is 7.93. The first-order valence-electron chi connectivity index (χ1n) is 9.49. The number of benzene rings is 1. The molecule has 1 spiro atoms. The number of aromatic nitrogens is 1. The van der Waals surface area contributed by atoms with Crippen LogP contribution < -0.4 is 9.47 Å². The number of ether oxygens (including phenoxy) is 4. The van der Waals surface area contributed by atoms with Gasteiger partial charge in [0.15, 0.2) is 5.79 Å². The number of hydrogen-bond donors (Lipinski definition) is 0. The summed E-state index contributed by atoms with van der Waals surface area (Å²) in [6.07, 6.45) is 3.67. The van der Waals surface area contributed by atoms with E-state index in [1.54, 1.807) is 14.2 Å². The van der Waals surface area contributed by atoms with Crippen LogP contribution in [0.1, 0.15) is 18.4 Å². The van der Waals surface area contributed by atoms with Crippen molar-refractivity contribution in [3.63, 3.8) is 0 Å². The van der Waals surface area contributed by atoms with Gasteiger partial charge in [-0.3, -0.25) is 9.88 Å². The fourth-order valence-corrected chi connectivity index (χ4v) is 4.11. The summed E-state index contributed by atoms with van der Waals surface area (Å²) in [5.74, 6) is 0.804. The van der Waals surface area contributed by atoms with Gasteiger partial charge in [0.2, 0.25) is 0 Å². The van der Waals surface area contributed by atoms with Crippen molar-refractivity contribution in [2.45, 2.75) is 25.2 Å². The molecule has 1 aromatic carbocycles. The van der Waals surface area contributed by atoms with Crippen molar-refractivity contribution in [1.82, 2.24) is 9.88 Å². The zero-order valence-corrected chi connectivity index (χ0v) is 17.0. The van der Waals surface area contributed by atoms with Gasteiger partial charge in [-0.25, -0.2) is 0 Å². The number of halogens is 1. The van der Waals surface area contributed by atoms with Gasteiger partial charge in [0, 0.05) is 44.2 Å². The molecule has 6 nitrogen and oxygen atoms in total. The number of nitrogens with zero attached hydrogens (tertiary/aromatic N) is 2. The molecule has 0 aliphatic carbocycles. The predicted molar refractivity (Wildman–Crippen MR) is 107 cm³/mol. The van der Waals surface area contributed by atoms with Crippen LogP contribution in [0.5, 0.6) is 11.5 Å². The molecule has 150 valence electrons. The quantitative estimate of drug-likeness (QED) is 0.756. The highest BCUT2D eigenvalue weighted by Gasteiger charge is 2.39. The van der Waals surface area contributed by atoms with Gasteiger partial charge in [-0.15, -0.1) is 0 Å². The minimum Gasteiger partial charge on any atom is -0.495 e. The molecule has 0 radical (unpaired) electrons. The highest BCUT2D eigenvalue weighted by atomic mass is 35.5. The van der Waals surface area contributed by atoms with E-state index in [9.17, 15) is 0 Å². The Hall–Kier alpha value is -1.86. The summed E-state index contributed by atoms with van der Waals surface area (Å²) in [5.41, 5.74) is 2.98. The third-order valence-electron chi connectivity index (χ3n) is 5.40. The SMILES string of the molecule is COc1cc(-c2cc(CN3CCC4(CC3)OCCO4)ccn2)cc(OC)c1Cl. The van der Waals surface area contributed by atoms with Crippen LogP contribution in [0.25, 0.3) is 11.3 Å². The van der Waals surface area contributed by atoms with Crippen LogP contribution in [0.3, 0.4) is 0 Å². The molecule has 2 fully saturated rings. The first kappa shape index (κ1) is 19.5. The van der Waals surface area contributed by atoms with Crippen molar-refractivity contribution < 1.29 is 18.9 Å². The molecular formula is C21H25ClN2O4. The third-order valence-corrected chi connectivity index (χ3v) is 5.78. The van der Waals surface area contributed by atoms with E-state index in [4.69, 9.17) is 30.5 Å².